The Hall–Kier alpha value is -0.400. The summed E-state index contributed by atoms with van der Waals surface area (Å²) in [5, 5.41) is 7.59. The van der Waals surface area contributed by atoms with E-state index in [-0.39, 0.29) is 5.17 Å². The molecule has 0 saturated heterocycles. The molecule has 68 valence electrons. The number of rotatable bonds is 0. The summed E-state index contributed by atoms with van der Waals surface area (Å²) in [7, 11) is 0. The highest BCUT2D eigenvalue weighted by Gasteiger charge is 2.34. The minimum absolute atomic E-state index is 0.0393. The maximum atomic E-state index is 10.9. The molecule has 1 heterocycles. The summed E-state index contributed by atoms with van der Waals surface area (Å²) in [6.45, 7) is 3.68. The van der Waals surface area contributed by atoms with Crippen LogP contribution < -0.4 is 10.5 Å². The van der Waals surface area contributed by atoms with Crippen molar-refractivity contribution < 1.29 is 4.21 Å². The van der Waals surface area contributed by atoms with Crippen molar-refractivity contribution in [2.75, 3.05) is 0 Å². The van der Waals surface area contributed by atoms with Crippen LogP contribution in [0.25, 0.3) is 0 Å². The van der Waals surface area contributed by atoms with Crippen LogP contribution in [0.5, 0.6) is 0 Å². The number of hydrogen-bond acceptors (Lipinski definition) is 3. The summed E-state index contributed by atoms with van der Waals surface area (Å²) in [5.41, 5.74) is 4.73. The van der Waals surface area contributed by atoms with Gasteiger partial charge in [0.2, 0.25) is 11.2 Å². The Kier molecular flexibility index (Phi) is 2.55. The molecule has 0 aromatic rings. The molecule has 0 amide bonds. The molecular weight excluding hydrogens is 196 g/mol. The Morgan fingerprint density at radius 2 is 2.42 bits per heavy atom. The van der Waals surface area contributed by atoms with Crippen LogP contribution in [0.15, 0.2) is 4.40 Å². The topological polar surface area (TPSA) is 91.3 Å². The van der Waals surface area contributed by atoms with Crippen LogP contribution in [0.1, 0.15) is 13.8 Å². The third-order valence-corrected chi connectivity index (χ3v) is 3.41. The second kappa shape index (κ2) is 3.15. The van der Waals surface area contributed by atoms with Gasteiger partial charge in [-0.3, -0.25) is 5.41 Å². The van der Waals surface area contributed by atoms with Crippen molar-refractivity contribution >= 4 is 33.1 Å². The first-order chi connectivity index (χ1) is 5.42. The van der Waals surface area contributed by atoms with Gasteiger partial charge in [-0.2, -0.15) is 4.40 Å². The van der Waals surface area contributed by atoms with Crippen LogP contribution in [-0.4, -0.2) is 20.0 Å². The lowest BCUT2D eigenvalue weighted by Gasteiger charge is -2.17. The van der Waals surface area contributed by atoms with Crippen LogP contribution in [0.2, 0.25) is 0 Å². The minimum Gasteiger partial charge on any atom is -0.378 e. The van der Waals surface area contributed by atoms with Gasteiger partial charge in [-0.05, 0) is 25.6 Å². The monoisotopic (exact) mass is 206 g/mol. The van der Waals surface area contributed by atoms with Gasteiger partial charge in [-0.25, -0.2) is 8.93 Å². The molecule has 5 nitrogen and oxygen atoms in total. The van der Waals surface area contributed by atoms with Gasteiger partial charge in [0.15, 0.2) is 5.17 Å². The average molecular weight is 206 g/mol. The van der Waals surface area contributed by atoms with Crippen LogP contribution in [0, 0.1) is 5.41 Å². The van der Waals surface area contributed by atoms with E-state index in [2.05, 4.69) is 9.12 Å². The van der Waals surface area contributed by atoms with Crippen molar-refractivity contribution in [1.82, 2.24) is 4.72 Å². The SMILES string of the molecule is CC1(C)NS(=O)N=C1SC(=N)N. The molecule has 12 heavy (non-hydrogen) atoms. The Balaban J connectivity index is 2.81. The van der Waals surface area contributed by atoms with Crippen molar-refractivity contribution in [1.29, 1.82) is 5.41 Å². The highest BCUT2D eigenvalue weighted by Crippen LogP contribution is 2.22. The molecule has 4 N–H and O–H groups in total. The lowest BCUT2D eigenvalue weighted by molar-refractivity contribution is 0.629. The number of nitrogens with one attached hydrogen (secondary N) is 2. The van der Waals surface area contributed by atoms with Gasteiger partial charge in [0.25, 0.3) is 0 Å². The van der Waals surface area contributed by atoms with E-state index in [1.165, 1.54) is 0 Å². The third kappa shape index (κ3) is 2.05. The zero-order valence-electron chi connectivity index (χ0n) is 6.75. The summed E-state index contributed by atoms with van der Waals surface area (Å²) in [6, 6.07) is 0. The van der Waals surface area contributed by atoms with E-state index in [0.717, 1.165) is 11.8 Å². The molecule has 1 rings (SSSR count). The fraction of sp³-hybridized carbons (Fsp3) is 0.600. The molecule has 1 aliphatic rings. The van der Waals surface area contributed by atoms with Crippen molar-refractivity contribution in [3.63, 3.8) is 0 Å². The summed E-state index contributed by atoms with van der Waals surface area (Å²) < 4.78 is 17.5. The highest BCUT2D eigenvalue weighted by atomic mass is 32.2. The van der Waals surface area contributed by atoms with Crippen LogP contribution in [-0.2, 0) is 11.2 Å². The van der Waals surface area contributed by atoms with E-state index >= 15 is 0 Å². The second-order valence-electron chi connectivity index (χ2n) is 2.84. The quantitative estimate of drug-likeness (QED) is 0.384. The molecule has 0 bridgehead atoms. The Bertz CT molecular complexity index is 273. The second-order valence-corrected chi connectivity index (χ2v) is 4.75. The molecule has 0 radical (unpaired) electrons. The van der Waals surface area contributed by atoms with E-state index in [4.69, 9.17) is 11.1 Å². The molecule has 7 heteroatoms. The van der Waals surface area contributed by atoms with E-state index in [9.17, 15) is 4.21 Å². The van der Waals surface area contributed by atoms with Crippen molar-refractivity contribution in [2.45, 2.75) is 19.4 Å². The Labute approximate surface area is 77.4 Å². The largest absolute Gasteiger partial charge is 0.378 e. The van der Waals surface area contributed by atoms with Gasteiger partial charge >= 0.3 is 0 Å². The van der Waals surface area contributed by atoms with E-state index in [1.54, 1.807) is 0 Å². The number of amidine groups is 1. The molecule has 1 aliphatic heterocycles. The van der Waals surface area contributed by atoms with Crippen LogP contribution in [0.3, 0.4) is 0 Å². The van der Waals surface area contributed by atoms with Gasteiger partial charge < -0.3 is 5.73 Å². The predicted octanol–water partition coefficient (Wildman–Crippen LogP) is -0.0279. The van der Waals surface area contributed by atoms with Crippen LogP contribution >= 0.6 is 11.8 Å². The molecule has 0 saturated carbocycles. The molecule has 0 aliphatic carbocycles. The maximum Gasteiger partial charge on any atom is 0.217 e. The van der Waals surface area contributed by atoms with Crippen molar-refractivity contribution in [3.8, 4) is 0 Å². The average Bonchev–Trinajstić information content (AvgIpc) is 2.04. The van der Waals surface area contributed by atoms with Gasteiger partial charge in [0.1, 0.15) is 5.04 Å². The molecule has 0 fully saturated rings. The van der Waals surface area contributed by atoms with Gasteiger partial charge in [-0.1, -0.05) is 0 Å². The summed E-state index contributed by atoms with van der Waals surface area (Å²) in [4.78, 5) is 0. The summed E-state index contributed by atoms with van der Waals surface area (Å²) in [6.07, 6.45) is 0. The molecule has 0 spiro atoms. The highest BCUT2D eigenvalue weighted by molar-refractivity contribution is 8.27. The minimum atomic E-state index is -1.37. The fourth-order valence-electron chi connectivity index (χ4n) is 0.725. The standard InChI is InChI=1S/C5H10N4OS2/c1-5(2)3(11-4(6)7)8-12(10)9-5/h9H,1-2H3,(H3,6,7). The van der Waals surface area contributed by atoms with Crippen molar-refractivity contribution in [2.24, 2.45) is 10.1 Å². The number of nitrogens with two attached hydrogens (primary N) is 1. The first-order valence-corrected chi connectivity index (χ1v) is 5.15. The smallest absolute Gasteiger partial charge is 0.217 e. The first kappa shape index (κ1) is 9.69. The van der Waals surface area contributed by atoms with Gasteiger partial charge in [0.05, 0.1) is 5.54 Å². The molecule has 1 atom stereocenters. The van der Waals surface area contributed by atoms with E-state index in [0.29, 0.717) is 5.04 Å². The number of nitrogens with zero attached hydrogens (tertiary/aromatic N) is 1. The van der Waals surface area contributed by atoms with Crippen LogP contribution in [0.4, 0.5) is 0 Å². The van der Waals surface area contributed by atoms with Crippen molar-refractivity contribution in [3.05, 3.63) is 0 Å². The molecule has 0 aromatic carbocycles. The Morgan fingerprint density at radius 3 is 2.75 bits per heavy atom. The summed E-state index contributed by atoms with van der Waals surface area (Å²) >= 11 is -0.346. The zero-order valence-corrected chi connectivity index (χ0v) is 8.38. The molecule has 1 unspecified atom stereocenters. The maximum absolute atomic E-state index is 10.9. The molecule has 0 aromatic heterocycles. The van der Waals surface area contributed by atoms with Gasteiger partial charge in [0, 0.05) is 0 Å². The Morgan fingerprint density at radius 1 is 1.83 bits per heavy atom. The number of thioether (sulfide) groups is 1. The lowest BCUT2D eigenvalue weighted by atomic mass is 10.1. The predicted molar refractivity (Wildman–Crippen MR) is 52.3 cm³/mol. The van der Waals surface area contributed by atoms with E-state index < -0.39 is 16.7 Å². The zero-order chi connectivity index (χ0) is 9.35. The fourth-order valence-corrected chi connectivity index (χ4v) is 2.61. The van der Waals surface area contributed by atoms with E-state index in [1.807, 2.05) is 13.8 Å². The normalized spacial score (nSPS) is 26.8. The summed E-state index contributed by atoms with van der Waals surface area (Å²) in [5.74, 6) is 0. The van der Waals surface area contributed by atoms with Gasteiger partial charge in [-0.15, -0.1) is 0 Å². The molecular formula is C5H10N4OS2. The third-order valence-electron chi connectivity index (χ3n) is 1.25. The number of hydrogen-bond donors (Lipinski definition) is 3. The first-order valence-electron chi connectivity index (χ1n) is 3.22. The lowest BCUT2D eigenvalue weighted by Crippen LogP contribution is -2.40.